The lowest BCUT2D eigenvalue weighted by molar-refractivity contribution is 0.413. The molecular formula is C10H6BrIN4O. The van der Waals surface area contributed by atoms with Crippen molar-refractivity contribution in [3.8, 4) is 17.9 Å². The molecule has 1 aromatic carbocycles. The van der Waals surface area contributed by atoms with Crippen molar-refractivity contribution >= 4 is 49.9 Å². The molecule has 86 valence electrons. The minimum absolute atomic E-state index is 0.252. The Bertz CT molecular complexity index is 528. The summed E-state index contributed by atoms with van der Waals surface area (Å²) in [4.78, 5) is 0. The lowest BCUT2D eigenvalue weighted by atomic mass is 10.3. The Morgan fingerprint density at radius 2 is 2.12 bits per heavy atom. The largest absolute Gasteiger partial charge is 0.493 e. The Morgan fingerprint density at radius 3 is 2.65 bits per heavy atom. The first-order valence-electron chi connectivity index (χ1n) is 4.30. The van der Waals surface area contributed by atoms with Crippen LogP contribution in [0.15, 0.2) is 21.7 Å². The zero-order chi connectivity index (χ0) is 12.8. The van der Waals surface area contributed by atoms with Crippen molar-refractivity contribution in [3.63, 3.8) is 0 Å². The van der Waals surface area contributed by atoms with E-state index in [0.717, 1.165) is 8.04 Å². The van der Waals surface area contributed by atoms with Gasteiger partial charge in [-0.2, -0.15) is 15.6 Å². The molecule has 5 nitrogen and oxygen atoms in total. The molecule has 0 unspecified atom stereocenters. The number of halogens is 2. The van der Waals surface area contributed by atoms with Crippen molar-refractivity contribution in [3.05, 3.63) is 20.2 Å². The van der Waals surface area contributed by atoms with E-state index in [1.54, 1.807) is 12.1 Å². The van der Waals surface area contributed by atoms with Crippen molar-refractivity contribution in [2.75, 3.05) is 12.5 Å². The number of hydrazone groups is 1. The summed E-state index contributed by atoms with van der Waals surface area (Å²) in [6.45, 7) is 0. The molecule has 0 atom stereocenters. The van der Waals surface area contributed by atoms with Gasteiger partial charge in [0.1, 0.15) is 17.8 Å². The second kappa shape index (κ2) is 6.42. The fourth-order valence-corrected chi connectivity index (χ4v) is 2.09. The van der Waals surface area contributed by atoms with Gasteiger partial charge in [-0.25, -0.2) is 0 Å². The Kier molecular flexibility index (Phi) is 5.19. The van der Waals surface area contributed by atoms with Crippen molar-refractivity contribution in [2.45, 2.75) is 0 Å². The van der Waals surface area contributed by atoms with Gasteiger partial charge in [0.25, 0.3) is 0 Å². The van der Waals surface area contributed by atoms with Gasteiger partial charge in [0.15, 0.2) is 5.75 Å². The van der Waals surface area contributed by atoms with E-state index in [0.29, 0.717) is 11.4 Å². The summed E-state index contributed by atoms with van der Waals surface area (Å²) in [6.07, 6.45) is 0. The lowest BCUT2D eigenvalue weighted by Crippen LogP contribution is -2.00. The second-order valence-electron chi connectivity index (χ2n) is 2.73. The summed E-state index contributed by atoms with van der Waals surface area (Å²) in [7, 11) is 1.54. The number of hydrogen-bond acceptors (Lipinski definition) is 5. The number of nitrogens with zero attached hydrogens (tertiary/aromatic N) is 3. The SMILES string of the molecule is COc1c(I)ccc(Br)c1NN=C(C#N)C#N. The summed E-state index contributed by atoms with van der Waals surface area (Å²) in [5.41, 5.74) is 2.96. The highest BCUT2D eigenvalue weighted by Crippen LogP contribution is 2.36. The van der Waals surface area contributed by atoms with Crippen LogP contribution in [0.4, 0.5) is 5.69 Å². The number of hydrogen-bond donors (Lipinski definition) is 1. The first kappa shape index (κ1) is 13.7. The molecule has 0 fully saturated rings. The van der Waals surface area contributed by atoms with Crippen molar-refractivity contribution < 1.29 is 4.74 Å². The fourth-order valence-electron chi connectivity index (χ4n) is 1.02. The molecule has 0 saturated carbocycles. The molecule has 0 aliphatic carbocycles. The first-order chi connectivity index (χ1) is 8.13. The quantitative estimate of drug-likeness (QED) is 0.477. The molecule has 0 aliphatic heterocycles. The van der Waals surface area contributed by atoms with Crippen molar-refractivity contribution in [1.29, 1.82) is 10.5 Å². The predicted octanol–water partition coefficient (Wildman–Crippen LogP) is 2.88. The molecule has 0 amide bonds. The molecule has 0 aliphatic rings. The standard InChI is InChI=1S/C10H6BrIN4O/c1-17-10-8(12)3-2-7(11)9(10)16-15-6(4-13)5-14/h2-3,16H,1H3. The van der Waals surface area contributed by atoms with Crippen LogP contribution < -0.4 is 10.2 Å². The van der Waals surface area contributed by atoms with Gasteiger partial charge in [-0.05, 0) is 50.7 Å². The summed E-state index contributed by atoms with van der Waals surface area (Å²) in [5, 5.41) is 20.8. The van der Waals surface area contributed by atoms with Gasteiger partial charge >= 0.3 is 0 Å². The van der Waals surface area contributed by atoms with E-state index in [-0.39, 0.29) is 5.71 Å². The van der Waals surface area contributed by atoms with E-state index in [9.17, 15) is 0 Å². The Balaban J connectivity index is 3.16. The molecule has 7 heteroatoms. The molecule has 1 aromatic rings. The van der Waals surface area contributed by atoms with Gasteiger partial charge in [-0.1, -0.05) is 0 Å². The summed E-state index contributed by atoms with van der Waals surface area (Å²) in [5.74, 6) is 0.596. The number of ether oxygens (including phenoxy) is 1. The smallest absolute Gasteiger partial charge is 0.237 e. The minimum atomic E-state index is -0.252. The number of rotatable bonds is 3. The molecule has 0 heterocycles. The molecule has 0 aromatic heterocycles. The van der Waals surface area contributed by atoms with E-state index >= 15 is 0 Å². The molecule has 0 saturated heterocycles. The van der Waals surface area contributed by atoms with Crippen LogP contribution in [-0.4, -0.2) is 12.8 Å². The van der Waals surface area contributed by atoms with E-state index in [4.69, 9.17) is 15.3 Å². The number of nitriles is 2. The van der Waals surface area contributed by atoms with Crippen molar-refractivity contribution in [2.24, 2.45) is 5.10 Å². The van der Waals surface area contributed by atoms with Gasteiger partial charge in [0, 0.05) is 4.47 Å². The van der Waals surface area contributed by atoms with Gasteiger partial charge in [-0.15, -0.1) is 0 Å². The number of anilines is 1. The maximum atomic E-state index is 8.57. The molecule has 0 radical (unpaired) electrons. The molecule has 0 spiro atoms. The van der Waals surface area contributed by atoms with E-state index in [1.165, 1.54) is 7.11 Å². The lowest BCUT2D eigenvalue weighted by Gasteiger charge is -2.11. The maximum Gasteiger partial charge on any atom is 0.237 e. The van der Waals surface area contributed by atoms with Crippen LogP contribution in [0, 0.1) is 26.2 Å². The summed E-state index contributed by atoms with van der Waals surface area (Å²) in [6, 6.07) is 7.01. The van der Waals surface area contributed by atoms with Crippen LogP contribution in [0.5, 0.6) is 5.75 Å². The molecule has 0 bridgehead atoms. The fraction of sp³-hybridized carbons (Fsp3) is 0.100. The van der Waals surface area contributed by atoms with Crippen LogP contribution >= 0.6 is 38.5 Å². The highest BCUT2D eigenvalue weighted by atomic mass is 127. The number of nitrogens with one attached hydrogen (secondary N) is 1. The maximum absolute atomic E-state index is 8.57. The molecular weight excluding hydrogens is 399 g/mol. The van der Waals surface area contributed by atoms with Gasteiger partial charge in [-0.3, -0.25) is 5.43 Å². The molecule has 17 heavy (non-hydrogen) atoms. The zero-order valence-corrected chi connectivity index (χ0v) is 12.4. The first-order valence-corrected chi connectivity index (χ1v) is 6.17. The van der Waals surface area contributed by atoms with Gasteiger partial charge in [0.05, 0.1) is 10.7 Å². The third-order valence-corrected chi connectivity index (χ3v) is 3.26. The summed E-state index contributed by atoms with van der Waals surface area (Å²) >= 11 is 5.45. The normalized spacial score (nSPS) is 8.76. The average molecular weight is 405 g/mol. The topological polar surface area (TPSA) is 81.2 Å². The molecule has 1 N–H and O–H groups in total. The highest BCUT2D eigenvalue weighted by Gasteiger charge is 2.11. The Morgan fingerprint density at radius 1 is 1.47 bits per heavy atom. The van der Waals surface area contributed by atoms with Gasteiger partial charge < -0.3 is 4.74 Å². The van der Waals surface area contributed by atoms with Crippen LogP contribution in [0.1, 0.15) is 0 Å². The van der Waals surface area contributed by atoms with Crippen molar-refractivity contribution in [1.82, 2.24) is 0 Å². The third-order valence-electron chi connectivity index (χ3n) is 1.75. The van der Waals surface area contributed by atoms with E-state index < -0.39 is 0 Å². The average Bonchev–Trinajstić information content (AvgIpc) is 2.34. The van der Waals surface area contributed by atoms with Crippen LogP contribution in [-0.2, 0) is 0 Å². The summed E-state index contributed by atoms with van der Waals surface area (Å²) < 4.78 is 6.84. The minimum Gasteiger partial charge on any atom is -0.493 e. The number of benzene rings is 1. The second-order valence-corrected chi connectivity index (χ2v) is 4.75. The number of methoxy groups -OCH3 is 1. The Labute approximate surface area is 120 Å². The highest BCUT2D eigenvalue weighted by molar-refractivity contribution is 14.1. The van der Waals surface area contributed by atoms with E-state index in [1.807, 2.05) is 12.1 Å². The van der Waals surface area contributed by atoms with Gasteiger partial charge in [0.2, 0.25) is 5.71 Å². The van der Waals surface area contributed by atoms with Crippen LogP contribution in [0.2, 0.25) is 0 Å². The molecule has 1 rings (SSSR count). The monoisotopic (exact) mass is 404 g/mol. The van der Waals surface area contributed by atoms with Crippen LogP contribution in [0.3, 0.4) is 0 Å². The zero-order valence-electron chi connectivity index (χ0n) is 8.66. The predicted molar refractivity (Wildman–Crippen MR) is 75.7 cm³/mol. The van der Waals surface area contributed by atoms with Crippen LogP contribution in [0.25, 0.3) is 0 Å². The Hall–Kier alpha value is -1.32. The van der Waals surface area contributed by atoms with E-state index in [2.05, 4.69) is 49.0 Å². The third kappa shape index (κ3) is 3.32.